The second-order valence-electron chi connectivity index (χ2n) is 3.02. The van der Waals surface area contributed by atoms with Crippen LogP contribution in [0.5, 0.6) is 5.75 Å². The number of ether oxygens (including phenoxy) is 1. The molecule has 0 saturated heterocycles. The van der Waals surface area contributed by atoms with Gasteiger partial charge in [0.15, 0.2) is 0 Å². The lowest BCUT2D eigenvalue weighted by molar-refractivity contribution is -0.386. The minimum atomic E-state index is 0.234. The predicted molar refractivity (Wildman–Crippen MR) is 48.8 cm³/mol. The lowest BCUT2D eigenvalue weighted by Gasteiger charge is -2.11. The standard InChI is InChI=1S/C10H15NO/c1-8(2)12-10-6-4-3-5-9(10)7-11/h3-6,8H,7,11H2,1-2H3/p+1. The van der Waals surface area contributed by atoms with Crippen molar-refractivity contribution in [2.45, 2.75) is 26.5 Å². The van der Waals surface area contributed by atoms with Crippen molar-refractivity contribution in [3.63, 3.8) is 0 Å². The SMILES string of the molecule is CC(C)Oc1ccccc1C[NH3+]. The summed E-state index contributed by atoms with van der Waals surface area (Å²) in [6.07, 6.45) is 0.234. The van der Waals surface area contributed by atoms with Gasteiger partial charge in [-0.1, -0.05) is 12.1 Å². The number of benzene rings is 1. The van der Waals surface area contributed by atoms with E-state index in [-0.39, 0.29) is 6.10 Å². The van der Waals surface area contributed by atoms with Gasteiger partial charge < -0.3 is 10.5 Å². The molecule has 0 aliphatic carbocycles. The van der Waals surface area contributed by atoms with Crippen molar-refractivity contribution < 1.29 is 10.5 Å². The summed E-state index contributed by atoms with van der Waals surface area (Å²) in [6, 6.07) is 8.02. The van der Waals surface area contributed by atoms with E-state index in [9.17, 15) is 0 Å². The molecule has 0 amide bonds. The maximum Gasteiger partial charge on any atom is 0.128 e. The summed E-state index contributed by atoms with van der Waals surface area (Å²) in [5.74, 6) is 0.961. The Morgan fingerprint density at radius 2 is 2.00 bits per heavy atom. The number of hydrogen-bond donors (Lipinski definition) is 1. The van der Waals surface area contributed by atoms with Crippen molar-refractivity contribution >= 4 is 0 Å². The highest BCUT2D eigenvalue weighted by Crippen LogP contribution is 2.17. The van der Waals surface area contributed by atoms with Crippen molar-refractivity contribution in [2.75, 3.05) is 0 Å². The summed E-state index contributed by atoms with van der Waals surface area (Å²) in [6.45, 7) is 4.84. The molecular weight excluding hydrogens is 150 g/mol. The number of rotatable bonds is 3. The fraction of sp³-hybridized carbons (Fsp3) is 0.400. The van der Waals surface area contributed by atoms with Crippen LogP contribution in [-0.4, -0.2) is 6.10 Å². The Labute approximate surface area is 73.3 Å². The van der Waals surface area contributed by atoms with E-state index >= 15 is 0 Å². The third kappa shape index (κ3) is 2.24. The summed E-state index contributed by atoms with van der Waals surface area (Å²) >= 11 is 0. The molecule has 0 bridgehead atoms. The van der Waals surface area contributed by atoms with Crippen LogP contribution in [0.3, 0.4) is 0 Å². The molecule has 66 valence electrons. The molecule has 0 spiro atoms. The lowest BCUT2D eigenvalue weighted by atomic mass is 10.2. The van der Waals surface area contributed by atoms with Crippen LogP contribution in [-0.2, 0) is 6.54 Å². The fourth-order valence-electron chi connectivity index (χ4n) is 1.08. The summed E-state index contributed by atoms with van der Waals surface area (Å²) in [5, 5.41) is 0. The Balaban J connectivity index is 2.82. The van der Waals surface area contributed by atoms with E-state index in [0.29, 0.717) is 0 Å². The molecule has 0 radical (unpaired) electrons. The molecule has 0 aromatic heterocycles. The summed E-state index contributed by atoms with van der Waals surface area (Å²) in [4.78, 5) is 0. The van der Waals surface area contributed by atoms with Crippen LogP contribution in [0.25, 0.3) is 0 Å². The summed E-state index contributed by atoms with van der Waals surface area (Å²) < 4.78 is 5.60. The van der Waals surface area contributed by atoms with Crippen LogP contribution >= 0.6 is 0 Å². The molecule has 1 aromatic carbocycles. The molecule has 0 heterocycles. The van der Waals surface area contributed by atoms with Crippen LogP contribution < -0.4 is 10.5 Å². The Kier molecular flexibility index (Phi) is 3.11. The van der Waals surface area contributed by atoms with Gasteiger partial charge in [0.1, 0.15) is 12.3 Å². The third-order valence-electron chi connectivity index (χ3n) is 1.60. The normalized spacial score (nSPS) is 10.3. The van der Waals surface area contributed by atoms with Crippen molar-refractivity contribution in [3.05, 3.63) is 29.8 Å². The molecule has 0 saturated carbocycles. The second-order valence-corrected chi connectivity index (χ2v) is 3.02. The average molecular weight is 166 g/mol. The van der Waals surface area contributed by atoms with Crippen LogP contribution in [0, 0.1) is 0 Å². The maximum atomic E-state index is 5.60. The minimum Gasteiger partial charge on any atom is -0.490 e. The Morgan fingerprint density at radius 1 is 1.33 bits per heavy atom. The first-order valence-electron chi connectivity index (χ1n) is 4.28. The average Bonchev–Trinajstić information content (AvgIpc) is 2.04. The van der Waals surface area contributed by atoms with E-state index in [0.717, 1.165) is 12.3 Å². The van der Waals surface area contributed by atoms with Gasteiger partial charge in [0.05, 0.1) is 6.10 Å². The zero-order valence-corrected chi connectivity index (χ0v) is 7.71. The van der Waals surface area contributed by atoms with Gasteiger partial charge in [0, 0.05) is 5.56 Å². The molecule has 0 aliphatic rings. The molecule has 12 heavy (non-hydrogen) atoms. The van der Waals surface area contributed by atoms with Crippen molar-refractivity contribution in [1.82, 2.24) is 0 Å². The maximum absolute atomic E-state index is 5.60. The highest BCUT2D eigenvalue weighted by Gasteiger charge is 2.03. The highest BCUT2D eigenvalue weighted by atomic mass is 16.5. The Hall–Kier alpha value is -1.02. The summed E-state index contributed by atoms with van der Waals surface area (Å²) in [7, 11) is 0. The van der Waals surface area contributed by atoms with E-state index < -0.39 is 0 Å². The van der Waals surface area contributed by atoms with Crippen LogP contribution in [0.4, 0.5) is 0 Å². The van der Waals surface area contributed by atoms with Gasteiger partial charge >= 0.3 is 0 Å². The number of para-hydroxylation sites is 1. The van der Waals surface area contributed by atoms with E-state index in [1.165, 1.54) is 5.56 Å². The third-order valence-corrected chi connectivity index (χ3v) is 1.60. The minimum absolute atomic E-state index is 0.234. The van der Waals surface area contributed by atoms with Gasteiger partial charge in [0.25, 0.3) is 0 Å². The van der Waals surface area contributed by atoms with Crippen LogP contribution in [0.1, 0.15) is 19.4 Å². The molecule has 1 aromatic rings. The Morgan fingerprint density at radius 3 is 2.58 bits per heavy atom. The van der Waals surface area contributed by atoms with Crippen molar-refractivity contribution in [2.24, 2.45) is 0 Å². The smallest absolute Gasteiger partial charge is 0.128 e. The molecule has 2 heteroatoms. The quantitative estimate of drug-likeness (QED) is 0.720. The molecular formula is C10H16NO+. The van der Waals surface area contributed by atoms with Crippen molar-refractivity contribution in [1.29, 1.82) is 0 Å². The predicted octanol–water partition coefficient (Wildman–Crippen LogP) is 1.22. The fourth-order valence-corrected chi connectivity index (χ4v) is 1.08. The van der Waals surface area contributed by atoms with E-state index in [4.69, 9.17) is 4.74 Å². The molecule has 1 rings (SSSR count). The topological polar surface area (TPSA) is 36.9 Å². The number of hydrogen-bond acceptors (Lipinski definition) is 1. The van der Waals surface area contributed by atoms with E-state index in [2.05, 4.69) is 5.73 Å². The molecule has 0 fully saturated rings. The monoisotopic (exact) mass is 166 g/mol. The van der Waals surface area contributed by atoms with Gasteiger partial charge in [-0.2, -0.15) is 0 Å². The zero-order chi connectivity index (χ0) is 8.97. The van der Waals surface area contributed by atoms with Crippen LogP contribution in [0.15, 0.2) is 24.3 Å². The first-order valence-corrected chi connectivity index (χ1v) is 4.28. The lowest BCUT2D eigenvalue weighted by Crippen LogP contribution is -2.47. The van der Waals surface area contributed by atoms with E-state index in [1.807, 2.05) is 38.1 Å². The van der Waals surface area contributed by atoms with Crippen LogP contribution in [0.2, 0.25) is 0 Å². The second kappa shape index (κ2) is 4.12. The largest absolute Gasteiger partial charge is 0.490 e. The first kappa shape index (κ1) is 9.07. The van der Waals surface area contributed by atoms with Gasteiger partial charge in [0.2, 0.25) is 0 Å². The van der Waals surface area contributed by atoms with Gasteiger partial charge in [-0.3, -0.25) is 0 Å². The molecule has 2 nitrogen and oxygen atoms in total. The zero-order valence-electron chi connectivity index (χ0n) is 7.71. The number of quaternary nitrogens is 1. The molecule has 0 aliphatic heterocycles. The van der Waals surface area contributed by atoms with Gasteiger partial charge in [-0.15, -0.1) is 0 Å². The van der Waals surface area contributed by atoms with Gasteiger partial charge in [-0.25, -0.2) is 0 Å². The van der Waals surface area contributed by atoms with E-state index in [1.54, 1.807) is 0 Å². The van der Waals surface area contributed by atoms with Gasteiger partial charge in [-0.05, 0) is 26.0 Å². The first-order chi connectivity index (χ1) is 5.74. The Bertz CT molecular complexity index is 245. The molecule has 3 N–H and O–H groups in total. The molecule has 0 atom stereocenters. The highest BCUT2D eigenvalue weighted by molar-refractivity contribution is 5.32. The van der Waals surface area contributed by atoms with Crippen molar-refractivity contribution in [3.8, 4) is 5.75 Å². The molecule has 0 unspecified atom stereocenters. The summed E-state index contributed by atoms with van der Waals surface area (Å²) in [5.41, 5.74) is 5.02.